The van der Waals surface area contributed by atoms with Gasteiger partial charge in [0.25, 0.3) is 11.1 Å². The monoisotopic (exact) mass is 680 g/mol. The first-order valence-corrected chi connectivity index (χ1v) is 19.1. The Kier molecular flexibility index (Phi) is 10.2. The number of nitrogens with one attached hydrogen (secondary N) is 2. The summed E-state index contributed by atoms with van der Waals surface area (Å²) in [5.74, 6) is 0. The Hall–Kier alpha value is -2.13. The molecule has 17 nitrogen and oxygen atoms in total. The van der Waals surface area contributed by atoms with Crippen molar-refractivity contribution in [2.75, 3.05) is 13.2 Å². The fourth-order valence-electron chi connectivity index (χ4n) is 4.55. The molecule has 6 N–H and O–H groups in total. The van der Waals surface area contributed by atoms with Crippen molar-refractivity contribution in [2.45, 2.75) is 88.0 Å². The van der Waals surface area contributed by atoms with E-state index in [-0.39, 0.29) is 5.04 Å². The van der Waals surface area contributed by atoms with E-state index in [1.165, 1.54) is 6.20 Å². The predicted molar refractivity (Wildman–Crippen MR) is 159 cm³/mol. The molecule has 2 aliphatic rings. The van der Waals surface area contributed by atoms with Gasteiger partial charge in [0.15, 0.2) is 20.8 Å². The quantitative estimate of drug-likeness (QED) is 0.125. The van der Waals surface area contributed by atoms with Gasteiger partial charge in [-0.1, -0.05) is 20.8 Å². The molecule has 0 amide bonds. The third kappa shape index (κ3) is 7.29. The SMILES string of the molecule is CC(C)(C)[Si](C)(C)O[C@@H]1[C@H](OP(O)(=S)OC[C@H]2O[C@@H](n3ccc(=O)[nH]c3=O)[C@H](O)[C@@H]2O)[C@@H](CO)O[C@H]1n1ccc(=O)[nH]c1=O. The zero-order chi connectivity index (χ0) is 32.8. The van der Waals surface area contributed by atoms with Crippen LogP contribution in [0.25, 0.3) is 0 Å². The molecule has 20 heteroatoms. The summed E-state index contributed by atoms with van der Waals surface area (Å²) in [6.07, 6.45) is -8.28. The van der Waals surface area contributed by atoms with Gasteiger partial charge in [0.2, 0.25) is 0 Å². The first-order valence-electron chi connectivity index (χ1n) is 13.6. The highest BCUT2D eigenvalue weighted by Crippen LogP contribution is 2.51. The van der Waals surface area contributed by atoms with Crippen LogP contribution in [0.1, 0.15) is 33.2 Å². The minimum atomic E-state index is -4.24. The third-order valence-electron chi connectivity index (χ3n) is 7.95. The number of ether oxygens (including phenoxy) is 2. The van der Waals surface area contributed by atoms with Crippen LogP contribution in [0.5, 0.6) is 0 Å². The van der Waals surface area contributed by atoms with Crippen LogP contribution in [0, 0.1) is 0 Å². The summed E-state index contributed by atoms with van der Waals surface area (Å²) in [7, 11) is -2.64. The smallest absolute Gasteiger partial charge is 0.330 e. The molecule has 0 radical (unpaired) electrons. The number of hydrogen-bond acceptors (Lipinski definition) is 13. The Bertz CT molecular complexity index is 1620. The summed E-state index contributed by atoms with van der Waals surface area (Å²) < 4.78 is 31.4. The zero-order valence-corrected chi connectivity index (χ0v) is 27.3. The van der Waals surface area contributed by atoms with E-state index in [0.717, 1.165) is 27.5 Å². The molecule has 44 heavy (non-hydrogen) atoms. The average Bonchev–Trinajstić information content (AvgIpc) is 3.37. The normalized spacial score (nSPS) is 30.8. The molecular weight excluding hydrogens is 643 g/mol. The van der Waals surface area contributed by atoms with Crippen LogP contribution in [0.4, 0.5) is 0 Å². The number of aromatic amines is 2. The Morgan fingerprint density at radius 2 is 1.45 bits per heavy atom. The highest BCUT2D eigenvalue weighted by Gasteiger charge is 2.53. The molecule has 0 bridgehead atoms. The van der Waals surface area contributed by atoms with E-state index >= 15 is 0 Å². The summed E-state index contributed by atoms with van der Waals surface area (Å²) >= 11 is 5.24. The maximum absolute atomic E-state index is 12.7. The summed E-state index contributed by atoms with van der Waals surface area (Å²) in [6.45, 7) is 4.35. The molecule has 0 saturated carbocycles. The van der Waals surface area contributed by atoms with Crippen molar-refractivity contribution < 1.29 is 43.2 Å². The number of H-pyrrole nitrogens is 2. The third-order valence-corrected chi connectivity index (χ3v) is 14.0. The molecule has 0 aliphatic carbocycles. The van der Waals surface area contributed by atoms with E-state index in [4.69, 9.17) is 34.8 Å². The lowest BCUT2D eigenvalue weighted by Crippen LogP contribution is -2.50. The number of hydrogen-bond donors (Lipinski definition) is 6. The summed E-state index contributed by atoms with van der Waals surface area (Å²) in [5, 5.41) is 30.9. The maximum Gasteiger partial charge on any atom is 0.330 e. The van der Waals surface area contributed by atoms with Crippen LogP contribution in [-0.2, 0) is 34.8 Å². The van der Waals surface area contributed by atoms with Crippen molar-refractivity contribution >= 4 is 26.8 Å². The lowest BCUT2D eigenvalue weighted by atomic mass is 10.1. The van der Waals surface area contributed by atoms with Gasteiger partial charge in [-0.3, -0.25) is 33.2 Å². The van der Waals surface area contributed by atoms with Crippen molar-refractivity contribution in [3.05, 3.63) is 66.2 Å². The van der Waals surface area contributed by atoms with Crippen LogP contribution >= 0.6 is 6.72 Å². The van der Waals surface area contributed by atoms with E-state index in [1.54, 1.807) is 0 Å². The standard InChI is InChI=1S/C24H37N4O13PSSi/c1-24(2,3)44(4,5)41-19-18(12(10-29)38-21(19)28-9-7-15(31)26-23(28)35)40-42(36,43)37-11-13-16(32)17(33)20(39-13)27-8-6-14(30)25-22(27)34/h6-9,12-13,16-21,29,32-33H,10-11H2,1-5H3,(H,36,43)(H,25,30,34)(H,26,31,35)/t12-,13-,16-,17-,18-,19-,20-,21-,42?/m1/s1. The summed E-state index contributed by atoms with van der Waals surface area (Å²) in [6, 6.07) is 2.15. The first kappa shape index (κ1) is 34.7. The second kappa shape index (κ2) is 12.9. The van der Waals surface area contributed by atoms with Crippen molar-refractivity contribution in [3.8, 4) is 0 Å². The average molecular weight is 681 g/mol. The van der Waals surface area contributed by atoms with Crippen LogP contribution in [0.15, 0.2) is 43.7 Å². The largest absolute Gasteiger partial charge is 0.407 e. The molecule has 4 rings (SSSR count). The lowest BCUT2D eigenvalue weighted by molar-refractivity contribution is -0.0581. The van der Waals surface area contributed by atoms with E-state index < -0.39 is 99.8 Å². The van der Waals surface area contributed by atoms with Gasteiger partial charge in [-0.2, -0.15) is 0 Å². The van der Waals surface area contributed by atoms with Crippen LogP contribution in [0.3, 0.4) is 0 Å². The van der Waals surface area contributed by atoms with Crippen molar-refractivity contribution in [3.63, 3.8) is 0 Å². The molecule has 2 saturated heterocycles. The highest BCUT2D eigenvalue weighted by molar-refractivity contribution is 8.07. The van der Waals surface area contributed by atoms with Crippen LogP contribution in [0.2, 0.25) is 18.1 Å². The second-order valence-electron chi connectivity index (χ2n) is 12.0. The van der Waals surface area contributed by atoms with Gasteiger partial charge < -0.3 is 38.6 Å². The van der Waals surface area contributed by atoms with Crippen molar-refractivity contribution in [1.29, 1.82) is 0 Å². The van der Waals surface area contributed by atoms with E-state index in [9.17, 15) is 39.4 Å². The number of nitrogens with zero attached hydrogens (tertiary/aromatic N) is 2. The molecule has 2 aromatic heterocycles. The molecule has 2 aliphatic heterocycles. The first-order chi connectivity index (χ1) is 20.3. The zero-order valence-electron chi connectivity index (χ0n) is 24.6. The van der Waals surface area contributed by atoms with Crippen molar-refractivity contribution in [1.82, 2.24) is 19.1 Å². The van der Waals surface area contributed by atoms with Crippen LogP contribution in [-0.4, -0.2) is 97.5 Å². The Morgan fingerprint density at radius 3 is 1.95 bits per heavy atom. The minimum absolute atomic E-state index is 0.327. The summed E-state index contributed by atoms with van der Waals surface area (Å²) in [5.41, 5.74) is -2.99. The predicted octanol–water partition coefficient (Wildman–Crippen LogP) is -1.40. The van der Waals surface area contributed by atoms with E-state index in [1.807, 2.05) is 38.8 Å². The minimum Gasteiger partial charge on any atom is -0.407 e. The van der Waals surface area contributed by atoms with Gasteiger partial charge in [0.1, 0.15) is 36.6 Å². The van der Waals surface area contributed by atoms with Gasteiger partial charge in [0, 0.05) is 24.5 Å². The van der Waals surface area contributed by atoms with Crippen molar-refractivity contribution in [2.24, 2.45) is 0 Å². The summed E-state index contributed by atoms with van der Waals surface area (Å²) in [4.78, 5) is 63.2. The fourth-order valence-corrected chi connectivity index (χ4v) is 7.28. The fraction of sp³-hybridized carbons (Fsp3) is 0.667. The maximum atomic E-state index is 12.7. The Labute approximate surface area is 256 Å². The Morgan fingerprint density at radius 1 is 0.932 bits per heavy atom. The van der Waals surface area contributed by atoms with Gasteiger partial charge in [-0.25, -0.2) is 9.59 Å². The molecule has 9 atom stereocenters. The number of rotatable bonds is 10. The van der Waals surface area contributed by atoms with E-state index in [0.29, 0.717) is 0 Å². The topological polar surface area (TPSA) is 237 Å². The highest BCUT2D eigenvalue weighted by atomic mass is 32.5. The molecule has 4 heterocycles. The molecule has 0 aromatic carbocycles. The molecule has 246 valence electrons. The lowest BCUT2D eigenvalue weighted by Gasteiger charge is -2.41. The van der Waals surface area contributed by atoms with Gasteiger partial charge >= 0.3 is 18.1 Å². The molecule has 1 unspecified atom stereocenters. The molecule has 2 fully saturated rings. The number of aromatic nitrogens is 4. The number of aliphatic hydroxyl groups excluding tert-OH is 3. The van der Waals surface area contributed by atoms with E-state index in [2.05, 4.69) is 4.98 Å². The van der Waals surface area contributed by atoms with Gasteiger partial charge in [-0.05, 0) is 29.9 Å². The van der Waals surface area contributed by atoms with Gasteiger partial charge in [-0.15, -0.1) is 0 Å². The van der Waals surface area contributed by atoms with Gasteiger partial charge in [0.05, 0.1) is 13.2 Å². The molecule has 0 spiro atoms. The van der Waals surface area contributed by atoms with Crippen LogP contribution < -0.4 is 22.5 Å². The number of aliphatic hydroxyl groups is 3. The molecular formula is C24H37N4O13PSSi. The Balaban J connectivity index is 1.56. The second-order valence-corrected chi connectivity index (χ2v) is 19.6. The molecule has 2 aromatic rings.